The van der Waals surface area contributed by atoms with Crippen molar-refractivity contribution in [3.8, 4) is 0 Å². The number of hydrogen-bond acceptors (Lipinski definition) is 4. The SMILES string of the molecule is C[C@@H](NC(=O)NCC[C@H](O)C(F)(F)F)c1cccc([N+](=O)[O-])c1. The van der Waals surface area contributed by atoms with Crippen molar-refractivity contribution in [2.75, 3.05) is 6.54 Å². The maximum atomic E-state index is 12.1. The molecule has 1 aromatic rings. The van der Waals surface area contributed by atoms with Crippen molar-refractivity contribution in [3.05, 3.63) is 39.9 Å². The molecule has 0 fully saturated rings. The number of non-ortho nitro benzene ring substituents is 1. The number of aliphatic hydroxyl groups is 1. The monoisotopic (exact) mass is 335 g/mol. The van der Waals surface area contributed by atoms with Crippen LogP contribution in [0.25, 0.3) is 0 Å². The molecule has 0 aliphatic rings. The minimum atomic E-state index is -4.73. The van der Waals surface area contributed by atoms with Gasteiger partial charge in [0.1, 0.15) is 0 Å². The van der Waals surface area contributed by atoms with E-state index < -0.39 is 35.7 Å². The van der Waals surface area contributed by atoms with E-state index in [0.29, 0.717) is 5.56 Å². The fourth-order valence-corrected chi connectivity index (χ4v) is 1.72. The number of amides is 2. The molecular formula is C13H16F3N3O4. The summed E-state index contributed by atoms with van der Waals surface area (Å²) in [5.74, 6) is 0. The molecule has 128 valence electrons. The van der Waals surface area contributed by atoms with Gasteiger partial charge in [0, 0.05) is 18.7 Å². The normalized spacial score (nSPS) is 14.0. The van der Waals surface area contributed by atoms with Crippen molar-refractivity contribution in [1.82, 2.24) is 10.6 Å². The Labute approximate surface area is 129 Å². The molecule has 0 aromatic heterocycles. The molecule has 10 heteroatoms. The van der Waals surface area contributed by atoms with Crippen LogP contribution in [-0.2, 0) is 0 Å². The van der Waals surface area contributed by atoms with Gasteiger partial charge in [-0.05, 0) is 18.9 Å². The second kappa shape index (κ2) is 7.77. The number of benzene rings is 1. The second-order valence-corrected chi connectivity index (χ2v) is 4.82. The number of nitro groups is 1. The van der Waals surface area contributed by atoms with Gasteiger partial charge in [0.25, 0.3) is 5.69 Å². The second-order valence-electron chi connectivity index (χ2n) is 4.82. The number of rotatable bonds is 6. The molecular weight excluding hydrogens is 319 g/mol. The Balaban J connectivity index is 2.48. The summed E-state index contributed by atoms with van der Waals surface area (Å²) < 4.78 is 36.2. The van der Waals surface area contributed by atoms with Crippen molar-refractivity contribution in [3.63, 3.8) is 0 Å². The van der Waals surface area contributed by atoms with Crippen LogP contribution >= 0.6 is 0 Å². The van der Waals surface area contributed by atoms with Gasteiger partial charge in [-0.25, -0.2) is 4.79 Å². The van der Waals surface area contributed by atoms with Gasteiger partial charge in [0.2, 0.25) is 0 Å². The van der Waals surface area contributed by atoms with E-state index in [1.807, 2.05) is 0 Å². The van der Waals surface area contributed by atoms with Gasteiger partial charge in [-0.1, -0.05) is 12.1 Å². The highest BCUT2D eigenvalue weighted by Crippen LogP contribution is 2.22. The predicted molar refractivity (Wildman–Crippen MR) is 74.7 cm³/mol. The van der Waals surface area contributed by atoms with Crippen LogP contribution in [-0.4, -0.2) is 34.9 Å². The summed E-state index contributed by atoms with van der Waals surface area (Å²) in [6.45, 7) is 1.21. The largest absolute Gasteiger partial charge is 0.414 e. The van der Waals surface area contributed by atoms with Gasteiger partial charge >= 0.3 is 12.2 Å². The van der Waals surface area contributed by atoms with E-state index in [1.165, 1.54) is 18.2 Å². The quantitative estimate of drug-likeness (QED) is 0.548. The third kappa shape index (κ3) is 6.10. The Morgan fingerprint density at radius 2 is 2.09 bits per heavy atom. The Morgan fingerprint density at radius 1 is 1.43 bits per heavy atom. The van der Waals surface area contributed by atoms with E-state index in [2.05, 4.69) is 10.6 Å². The van der Waals surface area contributed by atoms with Gasteiger partial charge in [-0.3, -0.25) is 10.1 Å². The summed E-state index contributed by atoms with van der Waals surface area (Å²) >= 11 is 0. The lowest BCUT2D eigenvalue weighted by atomic mass is 10.1. The zero-order chi connectivity index (χ0) is 17.6. The number of carbonyl (C=O) groups is 1. The van der Waals surface area contributed by atoms with Gasteiger partial charge in [0.05, 0.1) is 11.0 Å². The van der Waals surface area contributed by atoms with E-state index >= 15 is 0 Å². The lowest BCUT2D eigenvalue weighted by Gasteiger charge is -2.17. The van der Waals surface area contributed by atoms with Gasteiger partial charge in [0.15, 0.2) is 6.10 Å². The third-order valence-corrected chi connectivity index (χ3v) is 3.01. The van der Waals surface area contributed by atoms with Crippen molar-refractivity contribution < 1.29 is 28.0 Å². The zero-order valence-electron chi connectivity index (χ0n) is 12.1. The Bertz CT molecular complexity index is 566. The number of urea groups is 1. The number of alkyl halides is 3. The summed E-state index contributed by atoms with van der Waals surface area (Å²) in [6, 6.07) is 4.31. The van der Waals surface area contributed by atoms with Crippen LogP contribution in [0.1, 0.15) is 24.9 Å². The summed E-state index contributed by atoms with van der Waals surface area (Å²) in [4.78, 5) is 21.7. The summed E-state index contributed by atoms with van der Waals surface area (Å²) in [5, 5.41) is 24.1. The highest BCUT2D eigenvalue weighted by atomic mass is 19.4. The molecule has 7 nitrogen and oxygen atoms in total. The first-order valence-corrected chi connectivity index (χ1v) is 6.64. The molecule has 0 aliphatic carbocycles. The van der Waals surface area contributed by atoms with E-state index in [4.69, 9.17) is 5.11 Å². The fraction of sp³-hybridized carbons (Fsp3) is 0.462. The van der Waals surface area contributed by atoms with Crippen LogP contribution in [0.15, 0.2) is 24.3 Å². The number of nitrogens with zero attached hydrogens (tertiary/aromatic N) is 1. The zero-order valence-corrected chi connectivity index (χ0v) is 12.1. The molecule has 0 aliphatic heterocycles. The molecule has 23 heavy (non-hydrogen) atoms. The molecule has 1 rings (SSSR count). The average molecular weight is 335 g/mol. The highest BCUT2D eigenvalue weighted by Gasteiger charge is 2.37. The van der Waals surface area contributed by atoms with Crippen LogP contribution in [0.3, 0.4) is 0 Å². The third-order valence-electron chi connectivity index (χ3n) is 3.01. The molecule has 0 spiro atoms. The molecule has 0 bridgehead atoms. The smallest absolute Gasteiger partial charge is 0.384 e. The first-order valence-electron chi connectivity index (χ1n) is 6.64. The van der Waals surface area contributed by atoms with Gasteiger partial charge in [-0.15, -0.1) is 0 Å². The highest BCUT2D eigenvalue weighted by molar-refractivity contribution is 5.74. The van der Waals surface area contributed by atoms with E-state index in [9.17, 15) is 28.1 Å². The molecule has 0 saturated heterocycles. The molecule has 0 heterocycles. The van der Waals surface area contributed by atoms with Crippen LogP contribution in [0.5, 0.6) is 0 Å². The van der Waals surface area contributed by atoms with E-state index in [-0.39, 0.29) is 12.2 Å². The Morgan fingerprint density at radius 3 is 2.65 bits per heavy atom. The lowest BCUT2D eigenvalue weighted by molar-refractivity contribution is -0.384. The Hall–Kier alpha value is -2.36. The number of nitrogens with one attached hydrogen (secondary N) is 2. The first-order chi connectivity index (χ1) is 10.6. The Kier molecular flexibility index (Phi) is 6.31. The number of halogens is 3. The van der Waals surface area contributed by atoms with Crippen molar-refractivity contribution >= 4 is 11.7 Å². The fourth-order valence-electron chi connectivity index (χ4n) is 1.72. The van der Waals surface area contributed by atoms with Crippen molar-refractivity contribution in [2.24, 2.45) is 0 Å². The molecule has 0 radical (unpaired) electrons. The van der Waals surface area contributed by atoms with E-state index in [1.54, 1.807) is 13.0 Å². The summed E-state index contributed by atoms with van der Waals surface area (Å²) in [5.41, 5.74) is 0.342. The molecule has 2 atom stereocenters. The number of hydrogen-bond donors (Lipinski definition) is 3. The minimum absolute atomic E-state index is 0.134. The molecule has 3 N–H and O–H groups in total. The van der Waals surface area contributed by atoms with Gasteiger partial charge < -0.3 is 15.7 Å². The summed E-state index contributed by atoms with van der Waals surface area (Å²) in [7, 11) is 0. The molecule has 2 amide bonds. The number of aliphatic hydroxyl groups excluding tert-OH is 1. The first kappa shape index (κ1) is 18.7. The number of nitro benzene ring substituents is 1. The molecule has 0 saturated carbocycles. The average Bonchev–Trinajstić information content (AvgIpc) is 2.46. The maximum Gasteiger partial charge on any atom is 0.414 e. The topological polar surface area (TPSA) is 104 Å². The van der Waals surface area contributed by atoms with Crippen LogP contribution < -0.4 is 10.6 Å². The van der Waals surface area contributed by atoms with Crippen molar-refractivity contribution in [1.29, 1.82) is 0 Å². The lowest BCUT2D eigenvalue weighted by Crippen LogP contribution is -2.40. The van der Waals surface area contributed by atoms with Crippen LogP contribution in [0, 0.1) is 10.1 Å². The molecule has 0 unspecified atom stereocenters. The van der Waals surface area contributed by atoms with E-state index in [0.717, 1.165) is 0 Å². The molecule has 1 aromatic carbocycles. The summed E-state index contributed by atoms with van der Waals surface area (Å²) in [6.07, 6.45) is -7.90. The minimum Gasteiger partial charge on any atom is -0.384 e. The van der Waals surface area contributed by atoms with Crippen LogP contribution in [0.4, 0.5) is 23.7 Å². The van der Waals surface area contributed by atoms with Crippen LogP contribution in [0.2, 0.25) is 0 Å². The number of carbonyl (C=O) groups excluding carboxylic acids is 1. The predicted octanol–water partition coefficient (Wildman–Crippen LogP) is 2.27. The maximum absolute atomic E-state index is 12.1. The standard InChI is InChI=1S/C13H16F3N3O4/c1-8(9-3-2-4-10(7-9)19(22)23)18-12(21)17-6-5-11(20)13(14,15)16/h2-4,7-8,11,20H,5-6H2,1H3,(H2,17,18,21)/t8-,11+/m1/s1. The van der Waals surface area contributed by atoms with Gasteiger partial charge in [-0.2, -0.15) is 13.2 Å². The van der Waals surface area contributed by atoms with Crippen molar-refractivity contribution in [2.45, 2.75) is 31.7 Å².